The highest BCUT2D eigenvalue weighted by Crippen LogP contribution is 2.28. The summed E-state index contributed by atoms with van der Waals surface area (Å²) < 4.78 is 7.67. The van der Waals surface area contributed by atoms with Crippen LogP contribution >= 0.6 is 0 Å². The van der Waals surface area contributed by atoms with Crippen LogP contribution in [-0.4, -0.2) is 41.0 Å². The Morgan fingerprint density at radius 1 is 1.44 bits per heavy atom. The fourth-order valence-corrected chi connectivity index (χ4v) is 4.15. The monoisotopic (exact) mass is 342 g/mol. The first kappa shape index (κ1) is 16.5. The van der Waals surface area contributed by atoms with E-state index >= 15 is 0 Å². The zero-order valence-electron chi connectivity index (χ0n) is 14.9. The lowest BCUT2D eigenvalue weighted by Gasteiger charge is -2.39. The number of carbonyl (C=O) groups is 1. The third kappa shape index (κ3) is 3.28. The van der Waals surface area contributed by atoms with E-state index in [2.05, 4.69) is 40.9 Å². The van der Waals surface area contributed by atoms with Gasteiger partial charge < -0.3 is 15.4 Å². The van der Waals surface area contributed by atoms with E-state index in [1.807, 2.05) is 11.7 Å². The summed E-state index contributed by atoms with van der Waals surface area (Å²) in [5, 5.41) is 12.3. The number of amides is 1. The van der Waals surface area contributed by atoms with Gasteiger partial charge in [0.25, 0.3) is 0 Å². The summed E-state index contributed by atoms with van der Waals surface area (Å²) in [5.41, 5.74) is 3.23. The van der Waals surface area contributed by atoms with Gasteiger partial charge >= 0.3 is 0 Å². The standard InChI is InChI=1S/C19H26N4O2/c1-12-3-5-17-14(9-12)16(22-23(17)2)11-21-19(24)13-4-6-18-15(10-13)20-7-8-25-18/h3,5,9,13,15,18,20H,4,6-8,10-11H2,1-2H3,(H,21,24)/t13-,15+,18+/m0/s1. The van der Waals surface area contributed by atoms with Crippen LogP contribution in [0, 0.1) is 12.8 Å². The molecule has 3 atom stereocenters. The lowest BCUT2D eigenvalue weighted by molar-refractivity contribution is -0.128. The minimum atomic E-state index is 0.0622. The molecule has 6 nitrogen and oxygen atoms in total. The number of nitrogens with zero attached hydrogens (tertiary/aromatic N) is 2. The number of nitrogens with one attached hydrogen (secondary N) is 2. The van der Waals surface area contributed by atoms with Gasteiger partial charge in [0.15, 0.2) is 0 Å². The second-order valence-corrected chi connectivity index (χ2v) is 7.29. The topological polar surface area (TPSA) is 68.2 Å². The third-order valence-corrected chi connectivity index (χ3v) is 5.51. The molecule has 134 valence electrons. The molecule has 0 unspecified atom stereocenters. The van der Waals surface area contributed by atoms with Crippen LogP contribution < -0.4 is 10.6 Å². The fraction of sp³-hybridized carbons (Fsp3) is 0.579. The first-order valence-corrected chi connectivity index (χ1v) is 9.17. The molecule has 4 rings (SSSR count). The predicted molar refractivity (Wildman–Crippen MR) is 96.2 cm³/mol. The Kier molecular flexibility index (Phi) is 4.48. The van der Waals surface area contributed by atoms with Crippen molar-refractivity contribution in [2.45, 2.75) is 44.9 Å². The van der Waals surface area contributed by atoms with Gasteiger partial charge in [0, 0.05) is 30.9 Å². The maximum Gasteiger partial charge on any atom is 0.223 e. The molecule has 1 saturated heterocycles. The number of hydrogen-bond acceptors (Lipinski definition) is 4. The second kappa shape index (κ2) is 6.77. The van der Waals surface area contributed by atoms with Gasteiger partial charge in [-0.3, -0.25) is 9.48 Å². The molecular weight excluding hydrogens is 316 g/mol. The van der Waals surface area contributed by atoms with Crippen LogP contribution in [0.1, 0.15) is 30.5 Å². The van der Waals surface area contributed by atoms with E-state index in [1.165, 1.54) is 5.56 Å². The van der Waals surface area contributed by atoms with Gasteiger partial charge in [-0.2, -0.15) is 5.10 Å². The molecule has 0 radical (unpaired) electrons. The average molecular weight is 342 g/mol. The molecule has 2 N–H and O–H groups in total. The number of rotatable bonds is 3. The molecule has 2 aliphatic rings. The van der Waals surface area contributed by atoms with E-state index < -0.39 is 0 Å². The molecule has 1 aromatic heterocycles. The first-order valence-electron chi connectivity index (χ1n) is 9.17. The molecule has 1 aliphatic heterocycles. The van der Waals surface area contributed by atoms with Crippen molar-refractivity contribution in [1.29, 1.82) is 0 Å². The van der Waals surface area contributed by atoms with Gasteiger partial charge in [-0.25, -0.2) is 0 Å². The molecule has 2 heterocycles. The molecule has 1 aliphatic carbocycles. The molecule has 1 saturated carbocycles. The maximum atomic E-state index is 12.6. The number of aromatic nitrogens is 2. The van der Waals surface area contributed by atoms with Crippen molar-refractivity contribution < 1.29 is 9.53 Å². The number of carbonyl (C=O) groups excluding carboxylic acids is 1. The molecule has 2 aromatic rings. The molecule has 1 amide bonds. The lowest BCUT2D eigenvalue weighted by Crippen LogP contribution is -2.53. The van der Waals surface area contributed by atoms with Gasteiger partial charge in [0.2, 0.25) is 5.91 Å². The number of aryl methyl sites for hydroxylation is 2. The highest BCUT2D eigenvalue weighted by atomic mass is 16.5. The van der Waals surface area contributed by atoms with Gasteiger partial charge in [-0.15, -0.1) is 0 Å². The minimum absolute atomic E-state index is 0.0622. The molecule has 25 heavy (non-hydrogen) atoms. The van der Waals surface area contributed by atoms with Crippen molar-refractivity contribution in [3.63, 3.8) is 0 Å². The Hall–Kier alpha value is -1.92. The van der Waals surface area contributed by atoms with Crippen LogP contribution in [0.3, 0.4) is 0 Å². The van der Waals surface area contributed by atoms with Crippen LogP contribution in [0.2, 0.25) is 0 Å². The first-order chi connectivity index (χ1) is 12.1. The average Bonchev–Trinajstić information content (AvgIpc) is 2.94. The normalized spacial score (nSPS) is 26.4. The van der Waals surface area contributed by atoms with Crippen molar-refractivity contribution in [3.8, 4) is 0 Å². The zero-order chi connectivity index (χ0) is 17.4. The number of morpholine rings is 1. The molecule has 0 spiro atoms. The maximum absolute atomic E-state index is 12.6. The SMILES string of the molecule is Cc1ccc2c(c1)c(CNC(=O)[C@H]1CC[C@H]3OCCN[C@@H]3C1)nn2C. The summed E-state index contributed by atoms with van der Waals surface area (Å²) in [6, 6.07) is 6.62. The Labute approximate surface area is 147 Å². The molecule has 2 fully saturated rings. The van der Waals surface area contributed by atoms with Crippen molar-refractivity contribution in [1.82, 2.24) is 20.4 Å². The number of hydrogen-bond donors (Lipinski definition) is 2. The Bertz CT molecular complexity index is 785. The predicted octanol–water partition coefficient (Wildman–Crippen LogP) is 1.66. The highest BCUT2D eigenvalue weighted by molar-refractivity contribution is 5.84. The van der Waals surface area contributed by atoms with Crippen LogP contribution in [0.15, 0.2) is 18.2 Å². The third-order valence-electron chi connectivity index (χ3n) is 5.51. The lowest BCUT2D eigenvalue weighted by atomic mass is 9.82. The Morgan fingerprint density at radius 3 is 3.20 bits per heavy atom. The summed E-state index contributed by atoms with van der Waals surface area (Å²) >= 11 is 0. The van der Waals surface area contributed by atoms with E-state index in [9.17, 15) is 4.79 Å². The van der Waals surface area contributed by atoms with Crippen molar-refractivity contribution >= 4 is 16.8 Å². The van der Waals surface area contributed by atoms with E-state index in [-0.39, 0.29) is 17.9 Å². The zero-order valence-corrected chi connectivity index (χ0v) is 14.9. The fourth-order valence-electron chi connectivity index (χ4n) is 4.15. The Balaban J connectivity index is 1.41. The smallest absolute Gasteiger partial charge is 0.223 e. The van der Waals surface area contributed by atoms with Crippen LogP contribution in [0.4, 0.5) is 0 Å². The quantitative estimate of drug-likeness (QED) is 0.890. The van der Waals surface area contributed by atoms with Crippen molar-refractivity contribution in [2.75, 3.05) is 13.2 Å². The van der Waals surface area contributed by atoms with E-state index in [0.29, 0.717) is 12.6 Å². The largest absolute Gasteiger partial charge is 0.375 e. The van der Waals surface area contributed by atoms with Gasteiger partial charge in [0.05, 0.1) is 30.5 Å². The van der Waals surface area contributed by atoms with Crippen LogP contribution in [0.5, 0.6) is 0 Å². The number of ether oxygens (including phenoxy) is 1. The van der Waals surface area contributed by atoms with Gasteiger partial charge in [-0.05, 0) is 38.3 Å². The minimum Gasteiger partial charge on any atom is -0.375 e. The van der Waals surface area contributed by atoms with Crippen molar-refractivity contribution in [3.05, 3.63) is 29.5 Å². The highest BCUT2D eigenvalue weighted by Gasteiger charge is 2.35. The molecule has 1 aromatic carbocycles. The molecule has 6 heteroatoms. The van der Waals surface area contributed by atoms with E-state index in [0.717, 1.165) is 49.0 Å². The Morgan fingerprint density at radius 2 is 2.32 bits per heavy atom. The van der Waals surface area contributed by atoms with Crippen molar-refractivity contribution in [2.24, 2.45) is 13.0 Å². The summed E-state index contributed by atoms with van der Waals surface area (Å²) in [4.78, 5) is 12.6. The summed E-state index contributed by atoms with van der Waals surface area (Å²) in [7, 11) is 1.94. The van der Waals surface area contributed by atoms with Crippen LogP contribution in [0.25, 0.3) is 10.9 Å². The van der Waals surface area contributed by atoms with Crippen LogP contribution in [-0.2, 0) is 23.1 Å². The summed E-state index contributed by atoms with van der Waals surface area (Å²) in [6.07, 6.45) is 3.00. The summed E-state index contributed by atoms with van der Waals surface area (Å²) in [5.74, 6) is 0.199. The number of benzene rings is 1. The van der Waals surface area contributed by atoms with E-state index in [4.69, 9.17) is 4.74 Å². The van der Waals surface area contributed by atoms with Gasteiger partial charge in [-0.1, -0.05) is 11.6 Å². The molecular formula is C19H26N4O2. The summed E-state index contributed by atoms with van der Waals surface area (Å²) in [6.45, 7) is 4.22. The number of fused-ring (bicyclic) bond motifs is 2. The molecule has 0 bridgehead atoms. The van der Waals surface area contributed by atoms with E-state index in [1.54, 1.807) is 0 Å². The second-order valence-electron chi connectivity index (χ2n) is 7.29. The van der Waals surface area contributed by atoms with Gasteiger partial charge in [0.1, 0.15) is 0 Å².